The van der Waals surface area contributed by atoms with Gasteiger partial charge in [-0.15, -0.1) is 0 Å². The monoisotopic (exact) mass is 381 g/mol. The minimum Gasteiger partial charge on any atom is -0.348 e. The largest absolute Gasteiger partial charge is 0.348 e. The summed E-state index contributed by atoms with van der Waals surface area (Å²) in [6.07, 6.45) is 8.40. The van der Waals surface area contributed by atoms with E-state index in [0.717, 1.165) is 38.0 Å². The number of aromatic amines is 1. The van der Waals surface area contributed by atoms with E-state index < -0.39 is 0 Å². The van der Waals surface area contributed by atoms with E-state index in [1.54, 1.807) is 11.1 Å². The van der Waals surface area contributed by atoms with Crippen molar-refractivity contribution in [1.29, 1.82) is 0 Å². The Labute approximate surface area is 164 Å². The highest BCUT2D eigenvalue weighted by Crippen LogP contribution is 2.66. The third-order valence-corrected chi connectivity index (χ3v) is 7.09. The lowest BCUT2D eigenvalue weighted by molar-refractivity contribution is -0.135. The number of carbonyl (C=O) groups is 1. The topological polar surface area (TPSA) is 82.2 Å². The second-order valence-corrected chi connectivity index (χ2v) is 8.98. The third kappa shape index (κ3) is 2.79. The van der Waals surface area contributed by atoms with Crippen LogP contribution in [-0.2, 0) is 4.79 Å². The number of H-pyrrole nitrogens is 1. The average Bonchev–Trinajstić information content (AvgIpc) is 3.44. The predicted octanol–water partition coefficient (Wildman–Crippen LogP) is 2.28. The van der Waals surface area contributed by atoms with Crippen molar-refractivity contribution >= 4 is 22.8 Å². The van der Waals surface area contributed by atoms with Crippen LogP contribution in [0, 0.1) is 11.3 Å². The molecule has 0 aromatic carbocycles. The van der Waals surface area contributed by atoms with E-state index in [1.807, 2.05) is 20.2 Å². The highest BCUT2D eigenvalue weighted by Gasteiger charge is 2.61. The molecule has 28 heavy (non-hydrogen) atoms. The van der Waals surface area contributed by atoms with E-state index >= 15 is 0 Å². The van der Waals surface area contributed by atoms with E-state index in [0.29, 0.717) is 40.0 Å². The Morgan fingerprint density at radius 1 is 1.29 bits per heavy atom. The maximum absolute atomic E-state index is 12.8. The van der Waals surface area contributed by atoms with Crippen molar-refractivity contribution in [2.45, 2.75) is 44.4 Å². The number of nitrogens with one attached hydrogen (secondary N) is 1. The summed E-state index contributed by atoms with van der Waals surface area (Å²) < 4.78 is 0. The summed E-state index contributed by atoms with van der Waals surface area (Å²) in [6.45, 7) is 1.61. The minimum absolute atomic E-state index is 0.164. The van der Waals surface area contributed by atoms with Gasteiger partial charge in [0.15, 0.2) is 0 Å². The van der Waals surface area contributed by atoms with Gasteiger partial charge in [-0.3, -0.25) is 19.6 Å². The van der Waals surface area contributed by atoms with Crippen molar-refractivity contribution in [2.24, 2.45) is 11.3 Å². The van der Waals surface area contributed by atoms with Gasteiger partial charge in [-0.25, -0.2) is 4.98 Å². The molecule has 2 aromatic rings. The van der Waals surface area contributed by atoms with Gasteiger partial charge in [0.2, 0.25) is 11.9 Å². The van der Waals surface area contributed by atoms with Crippen LogP contribution in [0.25, 0.3) is 10.9 Å². The summed E-state index contributed by atoms with van der Waals surface area (Å²) in [5, 5.41) is 0.515. The number of hydrogen-bond acceptors (Lipinski definition) is 5. The molecule has 2 aromatic heterocycles. The van der Waals surface area contributed by atoms with Gasteiger partial charge in [0, 0.05) is 50.9 Å². The smallest absolute Gasteiger partial charge is 0.261 e. The van der Waals surface area contributed by atoms with Gasteiger partial charge >= 0.3 is 0 Å². The van der Waals surface area contributed by atoms with Crippen LogP contribution in [0.1, 0.15) is 50.1 Å². The summed E-state index contributed by atoms with van der Waals surface area (Å²) >= 11 is 0. The van der Waals surface area contributed by atoms with Gasteiger partial charge in [0.1, 0.15) is 0 Å². The van der Waals surface area contributed by atoms with Gasteiger partial charge in [-0.05, 0) is 43.6 Å². The Hall–Kier alpha value is -2.44. The molecule has 148 valence electrons. The van der Waals surface area contributed by atoms with Crippen LogP contribution < -0.4 is 10.5 Å². The Morgan fingerprint density at radius 2 is 2.04 bits per heavy atom. The molecule has 2 aliphatic carbocycles. The maximum Gasteiger partial charge on any atom is 0.261 e. The lowest BCUT2D eigenvalue weighted by atomic mass is 9.79. The number of rotatable bonds is 3. The number of nitrogens with zero attached hydrogens (tertiary/aromatic N) is 4. The minimum atomic E-state index is -0.164. The standard InChI is InChI=1S/C21H27N5O2/c1-25(2)20-23-17-10-16(22-12-14(17)18(27)24-20)13-4-8-26(9-5-13)19(28)15-11-21(15)6-3-7-21/h10,12-13,15H,3-9,11H2,1-2H3,(H,23,24,27). The van der Waals surface area contributed by atoms with Crippen LogP contribution in [0.3, 0.4) is 0 Å². The first kappa shape index (κ1) is 17.6. The maximum atomic E-state index is 12.8. The van der Waals surface area contributed by atoms with Crippen molar-refractivity contribution in [2.75, 3.05) is 32.1 Å². The average molecular weight is 381 g/mol. The quantitative estimate of drug-likeness (QED) is 0.882. The fourth-order valence-electron chi connectivity index (χ4n) is 4.97. The van der Waals surface area contributed by atoms with Crippen molar-refractivity contribution in [3.63, 3.8) is 0 Å². The molecule has 1 N–H and O–H groups in total. The zero-order valence-corrected chi connectivity index (χ0v) is 16.6. The molecule has 0 bridgehead atoms. The van der Waals surface area contributed by atoms with E-state index in [9.17, 15) is 9.59 Å². The number of piperidine rings is 1. The van der Waals surface area contributed by atoms with Crippen LogP contribution in [0.5, 0.6) is 0 Å². The van der Waals surface area contributed by atoms with Crippen molar-refractivity contribution < 1.29 is 4.79 Å². The second-order valence-electron chi connectivity index (χ2n) is 8.98. The van der Waals surface area contributed by atoms with Crippen LogP contribution in [0.15, 0.2) is 17.1 Å². The van der Waals surface area contributed by atoms with E-state index in [-0.39, 0.29) is 5.56 Å². The number of hydrogen-bond donors (Lipinski definition) is 1. The first-order chi connectivity index (χ1) is 13.5. The Morgan fingerprint density at radius 3 is 2.64 bits per heavy atom. The molecule has 1 unspecified atom stereocenters. The molecule has 1 saturated heterocycles. The van der Waals surface area contributed by atoms with Crippen LogP contribution in [0.4, 0.5) is 5.95 Å². The number of amides is 1. The number of fused-ring (bicyclic) bond motifs is 1. The molecule has 2 saturated carbocycles. The lowest BCUT2D eigenvalue weighted by Gasteiger charge is -2.34. The first-order valence-electron chi connectivity index (χ1n) is 10.3. The van der Waals surface area contributed by atoms with Gasteiger partial charge in [0.25, 0.3) is 5.56 Å². The Bertz CT molecular complexity index is 986. The molecular weight excluding hydrogens is 354 g/mol. The molecule has 3 aliphatic rings. The summed E-state index contributed by atoms with van der Waals surface area (Å²) in [4.78, 5) is 40.8. The fourth-order valence-corrected chi connectivity index (χ4v) is 4.97. The molecule has 1 amide bonds. The molecule has 7 heteroatoms. The van der Waals surface area contributed by atoms with Gasteiger partial charge < -0.3 is 9.80 Å². The van der Waals surface area contributed by atoms with Crippen molar-refractivity contribution in [3.05, 3.63) is 28.3 Å². The van der Waals surface area contributed by atoms with Crippen molar-refractivity contribution in [3.8, 4) is 0 Å². The van der Waals surface area contributed by atoms with E-state index in [1.165, 1.54) is 19.3 Å². The molecule has 3 fully saturated rings. The van der Waals surface area contributed by atoms with E-state index in [2.05, 4.69) is 19.9 Å². The molecule has 1 spiro atoms. The molecule has 3 heterocycles. The van der Waals surface area contributed by atoms with Gasteiger partial charge in [0.05, 0.1) is 10.9 Å². The van der Waals surface area contributed by atoms with Crippen LogP contribution in [0.2, 0.25) is 0 Å². The number of carbonyl (C=O) groups excluding carboxylic acids is 1. The van der Waals surface area contributed by atoms with Crippen molar-refractivity contribution in [1.82, 2.24) is 19.9 Å². The summed E-state index contributed by atoms with van der Waals surface area (Å²) in [5.74, 6) is 1.55. The normalized spacial score (nSPS) is 23.6. The summed E-state index contributed by atoms with van der Waals surface area (Å²) in [5.41, 5.74) is 1.89. The van der Waals surface area contributed by atoms with Gasteiger partial charge in [-0.2, -0.15) is 0 Å². The highest BCUT2D eigenvalue weighted by atomic mass is 16.2. The van der Waals surface area contributed by atoms with Gasteiger partial charge in [-0.1, -0.05) is 6.42 Å². The SMILES string of the molecule is CN(C)c1nc2cc(C3CCN(C(=O)C4CC45CCC5)CC3)ncc2c(=O)[nH]1. The summed E-state index contributed by atoms with van der Waals surface area (Å²) in [7, 11) is 3.71. The number of pyridine rings is 1. The zero-order valence-electron chi connectivity index (χ0n) is 16.6. The highest BCUT2D eigenvalue weighted by molar-refractivity contribution is 5.83. The van der Waals surface area contributed by atoms with E-state index in [4.69, 9.17) is 0 Å². The molecule has 0 radical (unpaired) electrons. The first-order valence-corrected chi connectivity index (χ1v) is 10.3. The fraction of sp³-hybridized carbons (Fsp3) is 0.619. The molecule has 1 aliphatic heterocycles. The third-order valence-electron chi connectivity index (χ3n) is 7.09. The van der Waals surface area contributed by atoms with Crippen LogP contribution >= 0.6 is 0 Å². The Balaban J connectivity index is 1.30. The van der Waals surface area contributed by atoms with Crippen LogP contribution in [-0.4, -0.2) is 52.9 Å². The second kappa shape index (κ2) is 6.29. The number of aromatic nitrogens is 3. The number of anilines is 1. The molecule has 1 atom stereocenters. The number of likely N-dealkylation sites (tertiary alicyclic amines) is 1. The predicted molar refractivity (Wildman–Crippen MR) is 107 cm³/mol. The Kier molecular flexibility index (Phi) is 3.96. The lowest BCUT2D eigenvalue weighted by Crippen LogP contribution is -2.40. The summed E-state index contributed by atoms with van der Waals surface area (Å²) in [6, 6.07) is 1.95. The molecule has 5 rings (SSSR count). The zero-order chi connectivity index (χ0) is 19.5. The molecule has 7 nitrogen and oxygen atoms in total. The molecular formula is C21H27N5O2.